The number of nitrogen functional groups attached to an aromatic ring is 1. The number of nitrogens with zero attached hydrogens (tertiary/aromatic N) is 4. The van der Waals surface area contributed by atoms with Crippen molar-refractivity contribution in [2.24, 2.45) is 5.92 Å². The highest BCUT2D eigenvalue weighted by Gasteiger charge is 2.19. The molecule has 1 aliphatic heterocycles. The van der Waals surface area contributed by atoms with E-state index >= 15 is 0 Å². The summed E-state index contributed by atoms with van der Waals surface area (Å²) in [5.41, 5.74) is 5.60. The summed E-state index contributed by atoms with van der Waals surface area (Å²) in [6.07, 6.45) is 2.32. The number of hydrogen-bond acceptors (Lipinski definition) is 6. The van der Waals surface area contributed by atoms with E-state index in [0.717, 1.165) is 31.8 Å². The molecule has 0 aromatic carbocycles. The molecule has 0 unspecified atom stereocenters. The number of nitrogens with two attached hydrogens (primary N) is 1. The summed E-state index contributed by atoms with van der Waals surface area (Å²) >= 11 is 0. The fourth-order valence-corrected chi connectivity index (χ4v) is 1.80. The quantitative estimate of drug-likeness (QED) is 0.795. The van der Waals surface area contributed by atoms with Crippen LogP contribution in [0.2, 0.25) is 0 Å². The Hall–Kier alpha value is -1.59. The molecule has 0 amide bonds. The second-order valence-electron chi connectivity index (χ2n) is 4.15. The Labute approximate surface area is 94.9 Å². The molecule has 2 rings (SSSR count). The Morgan fingerprint density at radius 3 is 2.56 bits per heavy atom. The summed E-state index contributed by atoms with van der Waals surface area (Å²) in [5, 5.41) is 0. The largest absolute Gasteiger partial charge is 0.467 e. The van der Waals surface area contributed by atoms with Gasteiger partial charge in [0, 0.05) is 13.1 Å². The number of anilines is 2. The third kappa shape index (κ3) is 2.32. The molecule has 2 N–H and O–H groups in total. The maximum absolute atomic E-state index is 5.60. The van der Waals surface area contributed by atoms with Crippen LogP contribution in [0.5, 0.6) is 6.01 Å². The highest BCUT2D eigenvalue weighted by Crippen LogP contribution is 2.21. The summed E-state index contributed by atoms with van der Waals surface area (Å²) in [5.74, 6) is 1.61. The zero-order valence-corrected chi connectivity index (χ0v) is 9.68. The van der Waals surface area contributed by atoms with E-state index in [4.69, 9.17) is 10.5 Å². The van der Waals surface area contributed by atoms with Gasteiger partial charge in [0.15, 0.2) is 0 Å². The molecule has 0 aliphatic carbocycles. The second-order valence-corrected chi connectivity index (χ2v) is 4.15. The average molecular weight is 223 g/mol. The van der Waals surface area contributed by atoms with Crippen LogP contribution in [0.1, 0.15) is 19.8 Å². The highest BCUT2D eigenvalue weighted by atomic mass is 16.5. The number of rotatable bonds is 2. The van der Waals surface area contributed by atoms with Crippen LogP contribution in [-0.4, -0.2) is 35.2 Å². The van der Waals surface area contributed by atoms with Crippen LogP contribution < -0.4 is 15.4 Å². The third-order valence-electron chi connectivity index (χ3n) is 2.87. The van der Waals surface area contributed by atoms with E-state index in [1.54, 1.807) is 0 Å². The van der Waals surface area contributed by atoms with Crippen LogP contribution in [-0.2, 0) is 0 Å². The Kier molecular flexibility index (Phi) is 3.07. The van der Waals surface area contributed by atoms with Crippen molar-refractivity contribution >= 4 is 11.9 Å². The van der Waals surface area contributed by atoms with Crippen LogP contribution in [0.4, 0.5) is 11.9 Å². The first-order valence-electron chi connectivity index (χ1n) is 5.49. The molecule has 1 aromatic rings. The molecular weight excluding hydrogens is 206 g/mol. The standard InChI is InChI=1S/C10H17N5O/c1-7-3-5-15(6-4-7)9-12-8(11)13-10(14-9)16-2/h7H,3-6H2,1-2H3,(H2,11,12,13,14). The van der Waals surface area contributed by atoms with Crippen LogP contribution in [0.15, 0.2) is 0 Å². The predicted octanol–water partition coefficient (Wildman–Crippen LogP) is 0.699. The van der Waals surface area contributed by atoms with Gasteiger partial charge < -0.3 is 15.4 Å². The van der Waals surface area contributed by atoms with E-state index in [0.29, 0.717) is 5.95 Å². The molecule has 6 heteroatoms. The van der Waals surface area contributed by atoms with Gasteiger partial charge in [-0.25, -0.2) is 0 Å². The van der Waals surface area contributed by atoms with E-state index in [1.807, 2.05) is 0 Å². The fourth-order valence-electron chi connectivity index (χ4n) is 1.80. The predicted molar refractivity (Wildman–Crippen MR) is 61.4 cm³/mol. The molecule has 1 aliphatic rings. The minimum atomic E-state index is 0.209. The molecule has 88 valence electrons. The van der Waals surface area contributed by atoms with Crippen molar-refractivity contribution in [3.63, 3.8) is 0 Å². The summed E-state index contributed by atoms with van der Waals surface area (Å²) < 4.78 is 4.98. The molecule has 1 aromatic heterocycles. The van der Waals surface area contributed by atoms with Crippen LogP contribution >= 0.6 is 0 Å². The highest BCUT2D eigenvalue weighted by molar-refractivity contribution is 5.36. The lowest BCUT2D eigenvalue weighted by Gasteiger charge is -2.30. The first-order valence-corrected chi connectivity index (χ1v) is 5.49. The smallest absolute Gasteiger partial charge is 0.322 e. The molecule has 6 nitrogen and oxygen atoms in total. The van der Waals surface area contributed by atoms with Crippen molar-refractivity contribution in [1.82, 2.24) is 15.0 Å². The van der Waals surface area contributed by atoms with Crippen molar-refractivity contribution < 1.29 is 4.74 Å². The van der Waals surface area contributed by atoms with Gasteiger partial charge in [-0.15, -0.1) is 0 Å². The van der Waals surface area contributed by atoms with Gasteiger partial charge in [0.1, 0.15) is 0 Å². The summed E-state index contributed by atoms with van der Waals surface area (Å²) in [6.45, 7) is 4.20. The Balaban J connectivity index is 2.16. The van der Waals surface area contributed by atoms with E-state index in [2.05, 4.69) is 26.8 Å². The monoisotopic (exact) mass is 223 g/mol. The maximum Gasteiger partial charge on any atom is 0.322 e. The Bertz CT molecular complexity index is 362. The van der Waals surface area contributed by atoms with Gasteiger partial charge >= 0.3 is 6.01 Å². The topological polar surface area (TPSA) is 77.2 Å². The summed E-state index contributed by atoms with van der Waals surface area (Å²) in [6, 6.07) is 0.279. The van der Waals surface area contributed by atoms with Gasteiger partial charge in [0.05, 0.1) is 7.11 Å². The minimum Gasteiger partial charge on any atom is -0.467 e. The van der Waals surface area contributed by atoms with E-state index in [-0.39, 0.29) is 12.0 Å². The van der Waals surface area contributed by atoms with Gasteiger partial charge in [-0.1, -0.05) is 6.92 Å². The first-order chi connectivity index (χ1) is 7.69. The number of ether oxygens (including phenoxy) is 1. The Morgan fingerprint density at radius 2 is 1.94 bits per heavy atom. The lowest BCUT2D eigenvalue weighted by molar-refractivity contribution is 0.376. The summed E-state index contributed by atoms with van der Waals surface area (Å²) in [4.78, 5) is 14.3. The molecule has 0 atom stereocenters. The van der Waals surface area contributed by atoms with Crippen molar-refractivity contribution in [1.29, 1.82) is 0 Å². The lowest BCUT2D eigenvalue weighted by Crippen LogP contribution is -2.34. The van der Waals surface area contributed by atoms with Crippen molar-refractivity contribution in [3.8, 4) is 6.01 Å². The maximum atomic E-state index is 5.60. The molecule has 0 saturated carbocycles. The number of methoxy groups -OCH3 is 1. The van der Waals surface area contributed by atoms with Gasteiger partial charge in [0.25, 0.3) is 0 Å². The molecule has 0 spiro atoms. The molecule has 0 radical (unpaired) electrons. The molecule has 16 heavy (non-hydrogen) atoms. The van der Waals surface area contributed by atoms with Crippen LogP contribution in [0, 0.1) is 5.92 Å². The van der Waals surface area contributed by atoms with Crippen LogP contribution in [0.25, 0.3) is 0 Å². The van der Waals surface area contributed by atoms with E-state index in [9.17, 15) is 0 Å². The SMILES string of the molecule is COc1nc(N)nc(N2CCC(C)CC2)n1. The molecular formula is C10H17N5O. The van der Waals surface area contributed by atoms with Gasteiger partial charge in [0.2, 0.25) is 11.9 Å². The van der Waals surface area contributed by atoms with Crippen LogP contribution in [0.3, 0.4) is 0 Å². The van der Waals surface area contributed by atoms with Gasteiger partial charge in [-0.05, 0) is 18.8 Å². The number of aromatic nitrogens is 3. The lowest BCUT2D eigenvalue weighted by atomic mass is 10.00. The van der Waals surface area contributed by atoms with Crippen molar-refractivity contribution in [2.75, 3.05) is 30.8 Å². The minimum absolute atomic E-state index is 0.209. The fraction of sp³-hybridized carbons (Fsp3) is 0.700. The number of piperidine rings is 1. The van der Waals surface area contributed by atoms with E-state index in [1.165, 1.54) is 7.11 Å². The normalized spacial score (nSPS) is 17.5. The average Bonchev–Trinajstić information content (AvgIpc) is 2.29. The zero-order chi connectivity index (χ0) is 11.5. The van der Waals surface area contributed by atoms with Gasteiger partial charge in [-0.3, -0.25) is 0 Å². The van der Waals surface area contributed by atoms with Crippen molar-refractivity contribution in [3.05, 3.63) is 0 Å². The first kappa shape index (κ1) is 10.9. The third-order valence-corrected chi connectivity index (χ3v) is 2.87. The molecule has 1 saturated heterocycles. The summed E-state index contributed by atoms with van der Waals surface area (Å²) in [7, 11) is 1.52. The Morgan fingerprint density at radius 1 is 1.25 bits per heavy atom. The van der Waals surface area contributed by atoms with Gasteiger partial charge in [-0.2, -0.15) is 15.0 Å². The second kappa shape index (κ2) is 4.51. The number of hydrogen-bond donors (Lipinski definition) is 1. The molecule has 0 bridgehead atoms. The van der Waals surface area contributed by atoms with E-state index < -0.39 is 0 Å². The van der Waals surface area contributed by atoms with Crippen molar-refractivity contribution in [2.45, 2.75) is 19.8 Å². The zero-order valence-electron chi connectivity index (χ0n) is 9.68. The molecule has 2 heterocycles. The molecule has 1 fully saturated rings.